The fourth-order valence-electron chi connectivity index (χ4n) is 3.05. The van der Waals surface area contributed by atoms with Crippen molar-refractivity contribution in [2.24, 2.45) is 5.92 Å². The molecule has 28 heavy (non-hydrogen) atoms. The van der Waals surface area contributed by atoms with Crippen molar-refractivity contribution in [3.63, 3.8) is 0 Å². The van der Waals surface area contributed by atoms with E-state index in [0.717, 1.165) is 4.90 Å². The Morgan fingerprint density at radius 1 is 1.07 bits per heavy atom. The van der Waals surface area contributed by atoms with Crippen LogP contribution in [0.15, 0.2) is 24.3 Å². The molecule has 2 rings (SSSR count). The molecule has 1 heterocycles. The Kier molecular flexibility index (Phi) is 7.28. The summed E-state index contributed by atoms with van der Waals surface area (Å²) in [6.45, 7) is 3.01. The van der Waals surface area contributed by atoms with Gasteiger partial charge < -0.3 is 14.5 Å². The van der Waals surface area contributed by atoms with E-state index in [0.29, 0.717) is 24.2 Å². The summed E-state index contributed by atoms with van der Waals surface area (Å²) in [6, 6.07) is 6.63. The first-order valence-electron chi connectivity index (χ1n) is 9.21. The van der Waals surface area contributed by atoms with Crippen molar-refractivity contribution < 1.29 is 23.9 Å². The van der Waals surface area contributed by atoms with Crippen molar-refractivity contribution in [1.82, 2.24) is 14.7 Å². The molecule has 1 aromatic rings. The van der Waals surface area contributed by atoms with Crippen LogP contribution in [0.4, 0.5) is 0 Å². The molecule has 152 valence electrons. The van der Waals surface area contributed by atoms with Gasteiger partial charge in [-0.05, 0) is 26.2 Å². The fourth-order valence-corrected chi connectivity index (χ4v) is 3.05. The van der Waals surface area contributed by atoms with Gasteiger partial charge in [0.1, 0.15) is 0 Å². The largest absolute Gasteiger partial charge is 0.469 e. The van der Waals surface area contributed by atoms with E-state index in [1.807, 2.05) is 19.0 Å². The van der Waals surface area contributed by atoms with E-state index in [4.69, 9.17) is 4.74 Å². The van der Waals surface area contributed by atoms with E-state index < -0.39 is 5.92 Å². The Bertz CT molecular complexity index is 727. The molecular formula is C20H27N3O5. The molecule has 1 aliphatic heterocycles. The highest BCUT2D eigenvalue weighted by atomic mass is 16.5. The summed E-state index contributed by atoms with van der Waals surface area (Å²) in [5.74, 6) is -1.82. The molecule has 0 saturated heterocycles. The van der Waals surface area contributed by atoms with Gasteiger partial charge in [0.05, 0.1) is 24.2 Å². The molecule has 8 nitrogen and oxygen atoms in total. The van der Waals surface area contributed by atoms with E-state index in [9.17, 15) is 19.2 Å². The average molecular weight is 389 g/mol. The van der Waals surface area contributed by atoms with Gasteiger partial charge >= 0.3 is 5.97 Å². The number of esters is 1. The highest BCUT2D eigenvalue weighted by Crippen LogP contribution is 2.22. The molecule has 0 spiro atoms. The van der Waals surface area contributed by atoms with E-state index in [1.165, 1.54) is 7.11 Å². The number of amides is 3. The predicted molar refractivity (Wildman–Crippen MR) is 103 cm³/mol. The minimum absolute atomic E-state index is 0.00674. The van der Waals surface area contributed by atoms with E-state index >= 15 is 0 Å². The second-order valence-electron chi connectivity index (χ2n) is 7.12. The normalized spacial score (nSPS) is 14.2. The Morgan fingerprint density at radius 3 is 2.14 bits per heavy atom. The van der Waals surface area contributed by atoms with E-state index in [2.05, 4.69) is 0 Å². The van der Waals surface area contributed by atoms with Crippen molar-refractivity contribution >= 4 is 23.7 Å². The molecule has 0 N–H and O–H groups in total. The van der Waals surface area contributed by atoms with Crippen molar-refractivity contribution in [2.75, 3.05) is 47.4 Å². The first-order chi connectivity index (χ1) is 13.3. The van der Waals surface area contributed by atoms with Crippen molar-refractivity contribution in [3.8, 4) is 0 Å². The van der Waals surface area contributed by atoms with Crippen LogP contribution in [0.3, 0.4) is 0 Å². The number of methoxy groups -OCH3 is 1. The van der Waals surface area contributed by atoms with Crippen LogP contribution in [0.2, 0.25) is 0 Å². The quantitative estimate of drug-likeness (QED) is 0.460. The average Bonchev–Trinajstić information content (AvgIpc) is 2.92. The molecule has 3 amide bonds. The zero-order valence-corrected chi connectivity index (χ0v) is 16.8. The van der Waals surface area contributed by atoms with E-state index in [1.54, 1.807) is 36.1 Å². The van der Waals surface area contributed by atoms with Crippen molar-refractivity contribution in [3.05, 3.63) is 35.4 Å². The summed E-state index contributed by atoms with van der Waals surface area (Å²) < 4.78 is 4.74. The zero-order chi connectivity index (χ0) is 20.8. The lowest BCUT2D eigenvalue weighted by Crippen LogP contribution is -2.42. The number of nitrogens with zero attached hydrogens (tertiary/aromatic N) is 3. The topological polar surface area (TPSA) is 87.2 Å². The number of carbonyl (C=O) groups excluding carboxylic acids is 4. The number of hydrogen-bond donors (Lipinski definition) is 0. The van der Waals surface area contributed by atoms with Crippen LogP contribution in [-0.2, 0) is 14.3 Å². The van der Waals surface area contributed by atoms with Gasteiger partial charge in [0.25, 0.3) is 11.8 Å². The minimum Gasteiger partial charge on any atom is -0.469 e. The van der Waals surface area contributed by atoms with Crippen LogP contribution in [0.5, 0.6) is 0 Å². The third kappa shape index (κ3) is 4.95. The highest BCUT2D eigenvalue weighted by Gasteiger charge is 2.35. The number of likely N-dealkylation sites (N-methyl/N-ethyl adjacent to an activating group) is 1. The molecular weight excluding hydrogens is 362 g/mol. The summed E-state index contributed by atoms with van der Waals surface area (Å²) in [7, 11) is 5.10. The van der Waals surface area contributed by atoms with Gasteiger partial charge in [0, 0.05) is 32.6 Å². The van der Waals surface area contributed by atoms with Crippen LogP contribution in [0.25, 0.3) is 0 Å². The maximum Gasteiger partial charge on any atom is 0.310 e. The molecule has 0 aliphatic carbocycles. The third-order valence-corrected chi connectivity index (χ3v) is 4.70. The zero-order valence-electron chi connectivity index (χ0n) is 16.8. The monoisotopic (exact) mass is 389 g/mol. The second-order valence-corrected chi connectivity index (χ2v) is 7.12. The van der Waals surface area contributed by atoms with Gasteiger partial charge in [0.15, 0.2) is 0 Å². The number of hydrogen-bond acceptors (Lipinski definition) is 6. The summed E-state index contributed by atoms with van der Waals surface area (Å²) in [4.78, 5) is 53.9. The number of carbonyl (C=O) groups is 4. The lowest BCUT2D eigenvalue weighted by Gasteiger charge is -2.27. The Labute approximate surface area is 165 Å². The molecule has 0 fully saturated rings. The first-order valence-corrected chi connectivity index (χ1v) is 9.21. The molecule has 0 radical (unpaired) electrons. The second kappa shape index (κ2) is 9.45. The first kappa shape index (κ1) is 21.6. The lowest BCUT2D eigenvalue weighted by atomic mass is 10.1. The van der Waals surface area contributed by atoms with Gasteiger partial charge in [-0.1, -0.05) is 19.1 Å². The van der Waals surface area contributed by atoms with Crippen LogP contribution in [-0.4, -0.2) is 85.8 Å². The summed E-state index contributed by atoms with van der Waals surface area (Å²) >= 11 is 0. The number of imide groups is 1. The number of benzene rings is 1. The van der Waals surface area contributed by atoms with Crippen LogP contribution in [0, 0.1) is 5.92 Å². The SMILES string of the molecule is COC(=O)C(C)CN(CCN(C)C)C(=O)CCN1C(=O)c2ccccc2C1=O. The molecule has 1 aromatic carbocycles. The van der Waals surface area contributed by atoms with Gasteiger partial charge in [-0.2, -0.15) is 0 Å². The van der Waals surface area contributed by atoms with Crippen LogP contribution in [0.1, 0.15) is 34.1 Å². The number of fused-ring (bicyclic) bond motifs is 1. The maximum atomic E-state index is 12.8. The molecule has 1 unspecified atom stereocenters. The van der Waals surface area contributed by atoms with Gasteiger partial charge in [-0.3, -0.25) is 24.1 Å². The highest BCUT2D eigenvalue weighted by molar-refractivity contribution is 6.21. The smallest absolute Gasteiger partial charge is 0.310 e. The number of rotatable bonds is 9. The van der Waals surface area contributed by atoms with Gasteiger partial charge in [0.2, 0.25) is 5.91 Å². The minimum atomic E-state index is -0.463. The Hall–Kier alpha value is -2.74. The Morgan fingerprint density at radius 2 is 1.64 bits per heavy atom. The Balaban J connectivity index is 2.01. The van der Waals surface area contributed by atoms with Gasteiger partial charge in [-0.25, -0.2) is 0 Å². The van der Waals surface area contributed by atoms with Crippen LogP contribution < -0.4 is 0 Å². The van der Waals surface area contributed by atoms with Crippen molar-refractivity contribution in [2.45, 2.75) is 13.3 Å². The molecule has 1 aliphatic rings. The summed E-state index contributed by atoms with van der Waals surface area (Å²) in [6.07, 6.45) is 0.00674. The summed E-state index contributed by atoms with van der Waals surface area (Å²) in [5.41, 5.74) is 0.729. The number of ether oxygens (including phenoxy) is 1. The van der Waals surface area contributed by atoms with Gasteiger partial charge in [-0.15, -0.1) is 0 Å². The van der Waals surface area contributed by atoms with Crippen LogP contribution >= 0.6 is 0 Å². The lowest BCUT2D eigenvalue weighted by molar-refractivity contribution is -0.146. The molecule has 0 aromatic heterocycles. The fraction of sp³-hybridized carbons (Fsp3) is 0.500. The molecule has 0 saturated carbocycles. The molecule has 1 atom stereocenters. The molecule has 8 heteroatoms. The standard InChI is InChI=1S/C20H27N3O5/c1-14(20(27)28-4)13-22(12-11-21(2)3)17(24)9-10-23-18(25)15-7-5-6-8-16(15)19(23)26/h5-8,14H,9-13H2,1-4H3. The van der Waals surface area contributed by atoms with Crippen molar-refractivity contribution in [1.29, 1.82) is 0 Å². The predicted octanol–water partition coefficient (Wildman–Crippen LogP) is 0.872. The summed E-state index contributed by atoms with van der Waals surface area (Å²) in [5, 5.41) is 0. The van der Waals surface area contributed by atoms with E-state index in [-0.39, 0.29) is 43.2 Å². The molecule has 0 bridgehead atoms. The maximum absolute atomic E-state index is 12.8. The third-order valence-electron chi connectivity index (χ3n) is 4.70.